The number of alkyl halides is 1. The molecule has 0 radical (unpaired) electrons. The van der Waals surface area contributed by atoms with Gasteiger partial charge < -0.3 is 4.74 Å². The summed E-state index contributed by atoms with van der Waals surface area (Å²) in [4.78, 5) is 4.41. The summed E-state index contributed by atoms with van der Waals surface area (Å²) < 4.78 is 19.3. The van der Waals surface area contributed by atoms with E-state index in [-0.39, 0.29) is 5.82 Å². The van der Waals surface area contributed by atoms with Crippen LogP contribution in [-0.2, 0) is 17.2 Å². The Hall–Kier alpha value is -0.970. The van der Waals surface area contributed by atoms with E-state index in [0.29, 0.717) is 24.0 Å². The van der Waals surface area contributed by atoms with Crippen LogP contribution in [0.25, 0.3) is 10.6 Å². The van der Waals surface area contributed by atoms with Crippen LogP contribution in [0.5, 0.6) is 0 Å². The second kappa shape index (κ2) is 6.20. The number of halogens is 2. The zero-order valence-corrected chi connectivity index (χ0v) is 12.5. The lowest BCUT2D eigenvalue weighted by Gasteiger charge is -2.06. The van der Waals surface area contributed by atoms with Crippen LogP contribution in [0.15, 0.2) is 23.6 Å². The molecule has 1 aromatic carbocycles. The van der Waals surface area contributed by atoms with Crippen molar-refractivity contribution in [2.75, 3.05) is 6.61 Å². The first-order chi connectivity index (χ1) is 9.76. The zero-order chi connectivity index (χ0) is 13.9. The van der Waals surface area contributed by atoms with Gasteiger partial charge in [-0.3, -0.25) is 0 Å². The molecule has 0 unspecified atom stereocenters. The molecule has 1 aliphatic rings. The molecule has 106 valence electrons. The Morgan fingerprint density at radius 3 is 2.95 bits per heavy atom. The van der Waals surface area contributed by atoms with Crippen LogP contribution >= 0.6 is 22.9 Å². The summed E-state index contributed by atoms with van der Waals surface area (Å²) in [7, 11) is 0. The van der Waals surface area contributed by atoms with Gasteiger partial charge in [-0.2, -0.15) is 0 Å². The molecule has 1 heterocycles. The second-order valence-corrected chi connectivity index (χ2v) is 6.17. The molecule has 0 atom stereocenters. The molecular weight excluding hydrogens is 297 g/mol. The Morgan fingerprint density at radius 1 is 1.40 bits per heavy atom. The first-order valence-electron chi connectivity index (χ1n) is 6.63. The summed E-state index contributed by atoms with van der Waals surface area (Å²) in [5.74, 6) is 0.861. The normalized spacial score (nSPS) is 14.7. The van der Waals surface area contributed by atoms with Crippen LogP contribution in [0.4, 0.5) is 4.39 Å². The molecule has 1 saturated carbocycles. The minimum absolute atomic E-state index is 0.223. The molecule has 0 spiro atoms. The van der Waals surface area contributed by atoms with E-state index in [4.69, 9.17) is 16.3 Å². The van der Waals surface area contributed by atoms with E-state index in [1.54, 1.807) is 6.07 Å². The molecule has 0 saturated heterocycles. The summed E-state index contributed by atoms with van der Waals surface area (Å²) in [6, 6.07) is 5.04. The summed E-state index contributed by atoms with van der Waals surface area (Å²) in [6.45, 7) is 1.06. The predicted octanol–water partition coefficient (Wildman–Crippen LogP) is 4.61. The van der Waals surface area contributed by atoms with Crippen molar-refractivity contribution >= 4 is 22.9 Å². The van der Waals surface area contributed by atoms with Crippen LogP contribution in [0, 0.1) is 11.7 Å². The average Bonchev–Trinajstić information content (AvgIpc) is 3.15. The van der Waals surface area contributed by atoms with E-state index >= 15 is 0 Å². The molecule has 0 N–H and O–H groups in total. The number of thiazole rings is 1. The molecule has 2 aromatic rings. The fourth-order valence-electron chi connectivity index (χ4n) is 1.94. The number of rotatable bonds is 6. The maximum atomic E-state index is 13.8. The molecule has 3 rings (SSSR count). The Kier molecular flexibility index (Phi) is 4.34. The maximum Gasteiger partial charge on any atom is 0.128 e. The Balaban J connectivity index is 1.74. The molecule has 1 fully saturated rings. The number of ether oxygens (including phenoxy) is 1. The van der Waals surface area contributed by atoms with Crippen LogP contribution in [-0.4, -0.2) is 11.6 Å². The summed E-state index contributed by atoms with van der Waals surface area (Å²) in [6.07, 6.45) is 2.48. The predicted molar refractivity (Wildman–Crippen MR) is 79.4 cm³/mol. The van der Waals surface area contributed by atoms with E-state index in [1.807, 2.05) is 11.4 Å². The lowest BCUT2D eigenvalue weighted by molar-refractivity contribution is 0.109. The largest absolute Gasteiger partial charge is 0.376 e. The highest BCUT2D eigenvalue weighted by Crippen LogP contribution is 2.30. The maximum absolute atomic E-state index is 13.8. The van der Waals surface area contributed by atoms with Crippen molar-refractivity contribution in [3.63, 3.8) is 0 Å². The van der Waals surface area contributed by atoms with Gasteiger partial charge in [-0.25, -0.2) is 9.37 Å². The minimum atomic E-state index is -0.223. The highest BCUT2D eigenvalue weighted by molar-refractivity contribution is 7.13. The van der Waals surface area contributed by atoms with E-state index in [1.165, 1.54) is 30.2 Å². The number of benzene rings is 1. The monoisotopic (exact) mass is 311 g/mol. The molecular formula is C15H15ClFNOS. The third kappa shape index (κ3) is 3.37. The number of aromatic nitrogens is 1. The van der Waals surface area contributed by atoms with Crippen molar-refractivity contribution < 1.29 is 9.13 Å². The third-order valence-electron chi connectivity index (χ3n) is 3.29. The Labute approximate surface area is 126 Å². The molecule has 1 aromatic heterocycles. The zero-order valence-electron chi connectivity index (χ0n) is 10.9. The van der Waals surface area contributed by atoms with Crippen LogP contribution in [0.2, 0.25) is 0 Å². The van der Waals surface area contributed by atoms with Gasteiger partial charge in [0, 0.05) is 23.1 Å². The van der Waals surface area contributed by atoms with E-state index in [9.17, 15) is 4.39 Å². The van der Waals surface area contributed by atoms with Gasteiger partial charge in [-0.15, -0.1) is 22.9 Å². The van der Waals surface area contributed by atoms with Crippen molar-refractivity contribution in [1.82, 2.24) is 4.98 Å². The molecule has 0 bridgehead atoms. The van der Waals surface area contributed by atoms with Crippen molar-refractivity contribution in [3.8, 4) is 10.6 Å². The first-order valence-corrected chi connectivity index (χ1v) is 8.04. The van der Waals surface area contributed by atoms with E-state index in [0.717, 1.165) is 22.9 Å². The van der Waals surface area contributed by atoms with Crippen molar-refractivity contribution in [3.05, 3.63) is 40.7 Å². The second-order valence-electron chi connectivity index (χ2n) is 5.04. The van der Waals surface area contributed by atoms with Gasteiger partial charge >= 0.3 is 0 Å². The van der Waals surface area contributed by atoms with E-state index < -0.39 is 0 Å². The molecule has 20 heavy (non-hydrogen) atoms. The fraction of sp³-hybridized carbons (Fsp3) is 0.400. The van der Waals surface area contributed by atoms with Gasteiger partial charge in [-0.1, -0.05) is 0 Å². The summed E-state index contributed by atoms with van der Waals surface area (Å²) in [5.41, 5.74) is 2.35. The Morgan fingerprint density at radius 2 is 2.25 bits per heavy atom. The Bertz CT molecular complexity index is 597. The van der Waals surface area contributed by atoms with Gasteiger partial charge in [0.2, 0.25) is 0 Å². The topological polar surface area (TPSA) is 22.1 Å². The van der Waals surface area contributed by atoms with Gasteiger partial charge in [0.25, 0.3) is 0 Å². The molecule has 0 amide bonds. The SMILES string of the molecule is Fc1ccc(-c2nc(CCl)cs2)cc1COCC1CC1. The minimum Gasteiger partial charge on any atom is -0.376 e. The van der Waals surface area contributed by atoms with Gasteiger partial charge in [0.1, 0.15) is 10.8 Å². The third-order valence-corrected chi connectivity index (χ3v) is 4.50. The molecule has 0 aliphatic heterocycles. The molecule has 1 aliphatic carbocycles. The quantitative estimate of drug-likeness (QED) is 0.727. The van der Waals surface area contributed by atoms with Crippen molar-refractivity contribution in [2.45, 2.75) is 25.3 Å². The lowest BCUT2D eigenvalue weighted by Crippen LogP contribution is -1.99. The smallest absolute Gasteiger partial charge is 0.128 e. The van der Waals surface area contributed by atoms with Gasteiger partial charge in [0.05, 0.1) is 18.2 Å². The van der Waals surface area contributed by atoms with E-state index in [2.05, 4.69) is 4.98 Å². The summed E-state index contributed by atoms with van der Waals surface area (Å²) >= 11 is 7.27. The standard InChI is InChI=1S/C15H15ClFNOS/c16-6-13-9-20-15(18-13)11-3-4-14(17)12(5-11)8-19-7-10-1-2-10/h3-5,9-10H,1-2,6-8H2. The van der Waals surface area contributed by atoms with Crippen molar-refractivity contribution in [2.24, 2.45) is 5.92 Å². The first kappa shape index (κ1) is 14.0. The van der Waals surface area contributed by atoms with Crippen LogP contribution < -0.4 is 0 Å². The van der Waals surface area contributed by atoms with Gasteiger partial charge in [0.15, 0.2) is 0 Å². The fourth-order valence-corrected chi connectivity index (χ4v) is 2.98. The average molecular weight is 312 g/mol. The van der Waals surface area contributed by atoms with Crippen molar-refractivity contribution in [1.29, 1.82) is 0 Å². The summed E-state index contributed by atoms with van der Waals surface area (Å²) in [5, 5.41) is 2.79. The van der Waals surface area contributed by atoms with Crippen LogP contribution in [0.1, 0.15) is 24.1 Å². The molecule has 2 nitrogen and oxygen atoms in total. The van der Waals surface area contributed by atoms with Crippen LogP contribution in [0.3, 0.4) is 0 Å². The lowest BCUT2D eigenvalue weighted by atomic mass is 10.1. The highest BCUT2D eigenvalue weighted by atomic mass is 35.5. The number of nitrogens with zero attached hydrogens (tertiary/aromatic N) is 1. The number of hydrogen-bond acceptors (Lipinski definition) is 3. The highest BCUT2D eigenvalue weighted by Gasteiger charge is 2.21. The molecule has 5 heteroatoms. The number of hydrogen-bond donors (Lipinski definition) is 0. The van der Waals surface area contributed by atoms with Gasteiger partial charge in [-0.05, 0) is 37.0 Å².